The Kier molecular flexibility index (Phi) is 5.87. The second kappa shape index (κ2) is 7.45. The highest BCUT2D eigenvalue weighted by atomic mass is 35.5. The molecule has 1 aliphatic heterocycles. The van der Waals surface area contributed by atoms with Gasteiger partial charge in [-0.1, -0.05) is 12.2 Å². The van der Waals surface area contributed by atoms with Gasteiger partial charge in [-0.05, 0) is 38.3 Å². The number of carbonyl (C=O) groups is 1. The van der Waals surface area contributed by atoms with Crippen molar-refractivity contribution in [2.45, 2.75) is 31.1 Å². The lowest BCUT2D eigenvalue weighted by molar-refractivity contribution is 0.0606. The summed E-state index contributed by atoms with van der Waals surface area (Å²) in [5, 5.41) is 9.76. The fourth-order valence-electron chi connectivity index (χ4n) is 2.49. The molecule has 1 aliphatic rings. The first kappa shape index (κ1) is 16.6. The zero-order chi connectivity index (χ0) is 15.4. The van der Waals surface area contributed by atoms with Gasteiger partial charge in [-0.2, -0.15) is 0 Å². The Bertz CT molecular complexity index is 520. The van der Waals surface area contributed by atoms with Crippen molar-refractivity contribution in [3.63, 3.8) is 0 Å². The molecule has 1 saturated heterocycles. The van der Waals surface area contributed by atoms with E-state index in [1.54, 1.807) is 12.9 Å². The number of ether oxygens (including phenoxy) is 1. The van der Waals surface area contributed by atoms with E-state index in [2.05, 4.69) is 6.08 Å². The molecule has 2 rings (SSSR count). The molecule has 2 atom stereocenters. The van der Waals surface area contributed by atoms with Crippen molar-refractivity contribution in [3.8, 4) is 0 Å². The molecule has 0 unspecified atom stereocenters. The third-order valence-corrected chi connectivity index (χ3v) is 5.16. The fourth-order valence-corrected chi connectivity index (χ4v) is 3.72. The van der Waals surface area contributed by atoms with Crippen LogP contribution in [0.4, 0.5) is 0 Å². The van der Waals surface area contributed by atoms with Gasteiger partial charge in [-0.3, -0.25) is 0 Å². The summed E-state index contributed by atoms with van der Waals surface area (Å²) in [5.41, 5.74) is 0. The van der Waals surface area contributed by atoms with Crippen LogP contribution in [0.2, 0.25) is 6.82 Å². The Morgan fingerprint density at radius 2 is 2.43 bits per heavy atom. The number of methoxy groups -OCH3 is 1. The molecule has 0 amide bonds. The van der Waals surface area contributed by atoms with Crippen LogP contribution in [0.15, 0.2) is 24.3 Å². The summed E-state index contributed by atoms with van der Waals surface area (Å²) in [6, 6.07) is 3.77. The molecule has 2 heterocycles. The van der Waals surface area contributed by atoms with E-state index in [0.717, 1.165) is 24.3 Å². The van der Waals surface area contributed by atoms with Crippen LogP contribution in [-0.2, 0) is 11.2 Å². The van der Waals surface area contributed by atoms with E-state index in [-0.39, 0.29) is 17.4 Å². The molecule has 1 aromatic heterocycles. The highest BCUT2D eigenvalue weighted by Crippen LogP contribution is 2.25. The largest absolute Gasteiger partial charge is 0.465 e. The summed E-state index contributed by atoms with van der Waals surface area (Å²) in [5.74, 6) is -0.299. The van der Waals surface area contributed by atoms with Gasteiger partial charge in [0.05, 0.1) is 12.5 Å². The minimum Gasteiger partial charge on any atom is -0.465 e. The minimum absolute atomic E-state index is 0.0322. The molecule has 0 bridgehead atoms. The van der Waals surface area contributed by atoms with E-state index in [1.165, 1.54) is 18.4 Å². The Morgan fingerprint density at radius 3 is 3.10 bits per heavy atom. The molecule has 1 aromatic rings. The number of rotatable bonds is 5. The Balaban J connectivity index is 1.95. The van der Waals surface area contributed by atoms with Crippen molar-refractivity contribution in [1.82, 2.24) is 4.81 Å². The number of hydrogen-bond donors (Lipinski definition) is 1. The molecule has 114 valence electrons. The zero-order valence-corrected chi connectivity index (χ0v) is 13.7. The van der Waals surface area contributed by atoms with Gasteiger partial charge < -0.3 is 14.6 Å². The molecular weight excluding hydrogens is 308 g/mol. The van der Waals surface area contributed by atoms with Crippen molar-refractivity contribution >= 4 is 36.0 Å². The van der Waals surface area contributed by atoms with Gasteiger partial charge in [0.25, 0.3) is 0 Å². The van der Waals surface area contributed by atoms with Gasteiger partial charge in [0.1, 0.15) is 4.88 Å². The van der Waals surface area contributed by atoms with E-state index in [0.29, 0.717) is 4.88 Å². The van der Waals surface area contributed by atoms with Gasteiger partial charge in [-0.15, -0.1) is 22.9 Å². The van der Waals surface area contributed by atoms with Crippen molar-refractivity contribution in [2.24, 2.45) is 0 Å². The zero-order valence-electron chi connectivity index (χ0n) is 12.2. The average Bonchev–Trinajstić information content (AvgIpc) is 3.06. The van der Waals surface area contributed by atoms with Crippen LogP contribution in [0.5, 0.6) is 0 Å². The van der Waals surface area contributed by atoms with E-state index in [1.807, 2.05) is 17.0 Å². The number of hydrogen-bond acceptors (Lipinski definition) is 5. The second-order valence-electron chi connectivity index (χ2n) is 5.05. The number of alkyl halides is 1. The third-order valence-electron chi connectivity index (χ3n) is 3.60. The smallest absolute Gasteiger partial charge is 0.376 e. The third kappa shape index (κ3) is 4.10. The molecule has 0 aliphatic carbocycles. The first-order valence-electron chi connectivity index (χ1n) is 6.94. The van der Waals surface area contributed by atoms with Crippen molar-refractivity contribution in [2.75, 3.05) is 13.7 Å². The number of esters is 1. The molecule has 0 radical (unpaired) electrons. The van der Waals surface area contributed by atoms with Gasteiger partial charge in [0.15, 0.2) is 0 Å². The normalized spacial score (nSPS) is 22.9. The molecule has 21 heavy (non-hydrogen) atoms. The quantitative estimate of drug-likeness (QED) is 0.390. The summed E-state index contributed by atoms with van der Waals surface area (Å²) in [6.45, 7) is 2.57. The number of thiophene rings is 1. The van der Waals surface area contributed by atoms with Crippen LogP contribution in [0.1, 0.15) is 21.0 Å². The summed E-state index contributed by atoms with van der Waals surface area (Å²) in [4.78, 5) is 15.1. The number of allylic oxidation sites excluding steroid dienone is 1. The topological polar surface area (TPSA) is 49.8 Å². The first-order chi connectivity index (χ1) is 10.0. The number of halogens is 1. The molecule has 0 saturated carbocycles. The van der Waals surface area contributed by atoms with E-state index in [9.17, 15) is 9.82 Å². The molecule has 1 N–H and O–H groups in total. The summed E-state index contributed by atoms with van der Waals surface area (Å²) < 4.78 is 4.69. The fraction of sp³-hybridized carbons (Fsp3) is 0.500. The van der Waals surface area contributed by atoms with E-state index in [4.69, 9.17) is 16.3 Å². The number of carbonyl (C=O) groups excluding carboxylic acids is 1. The average molecular weight is 328 g/mol. The van der Waals surface area contributed by atoms with Gasteiger partial charge >= 0.3 is 13.0 Å². The summed E-state index contributed by atoms with van der Waals surface area (Å²) >= 11 is 7.73. The van der Waals surface area contributed by atoms with Crippen molar-refractivity contribution in [1.29, 1.82) is 0 Å². The maximum Gasteiger partial charge on any atom is 0.376 e. The monoisotopic (exact) mass is 327 g/mol. The summed E-state index contributed by atoms with van der Waals surface area (Å²) in [6.07, 6.45) is 5.73. The van der Waals surface area contributed by atoms with Crippen LogP contribution in [0.25, 0.3) is 0 Å². The maximum absolute atomic E-state index is 11.4. The predicted molar refractivity (Wildman–Crippen MR) is 87.1 cm³/mol. The Morgan fingerprint density at radius 1 is 1.67 bits per heavy atom. The van der Waals surface area contributed by atoms with Crippen molar-refractivity contribution in [3.05, 3.63) is 34.0 Å². The Hall–Kier alpha value is -0.815. The molecule has 7 heteroatoms. The molecular formula is C14H19BClNO3S. The van der Waals surface area contributed by atoms with Crippen molar-refractivity contribution < 1.29 is 14.6 Å². The molecule has 1 fully saturated rings. The predicted octanol–water partition coefficient (Wildman–Crippen LogP) is 2.43. The highest BCUT2D eigenvalue weighted by molar-refractivity contribution is 7.13. The van der Waals surface area contributed by atoms with Crippen LogP contribution in [0, 0.1) is 0 Å². The standard InChI is InChI=1S/C14H19BClNO3S/c1-15(19)17-9-8-11(16)12(17)5-3-4-10-6-7-13(21-10)14(18)20-2/h3,5-7,11-12,19H,4,8-9H2,1-2H3/b5-3+/t11-,12+/m1/s1. The summed E-state index contributed by atoms with van der Waals surface area (Å²) in [7, 11) is 0.892. The lowest BCUT2D eigenvalue weighted by atomic mass is 9.84. The Labute approximate surface area is 134 Å². The lowest BCUT2D eigenvalue weighted by Gasteiger charge is -2.23. The first-order valence-corrected chi connectivity index (χ1v) is 8.19. The molecule has 0 spiro atoms. The van der Waals surface area contributed by atoms with Gasteiger partial charge in [0.2, 0.25) is 0 Å². The molecule has 0 aromatic carbocycles. The van der Waals surface area contributed by atoms with Crippen LogP contribution in [-0.4, -0.2) is 47.9 Å². The minimum atomic E-state index is -0.490. The molecule has 4 nitrogen and oxygen atoms in total. The SMILES string of the molecule is COC(=O)c1ccc(C/C=C/[C@H]2[C@H](Cl)CCN2B(C)O)s1. The van der Waals surface area contributed by atoms with Gasteiger partial charge in [0, 0.05) is 10.9 Å². The van der Waals surface area contributed by atoms with Crippen LogP contribution < -0.4 is 0 Å². The number of nitrogens with zero attached hydrogens (tertiary/aromatic N) is 1. The van der Waals surface area contributed by atoms with E-state index < -0.39 is 7.05 Å². The van der Waals surface area contributed by atoms with Gasteiger partial charge in [-0.25, -0.2) is 4.79 Å². The highest BCUT2D eigenvalue weighted by Gasteiger charge is 2.34. The van der Waals surface area contributed by atoms with Crippen LogP contribution >= 0.6 is 22.9 Å². The maximum atomic E-state index is 11.4. The van der Waals surface area contributed by atoms with E-state index >= 15 is 0 Å². The second-order valence-corrected chi connectivity index (χ2v) is 6.78. The lowest BCUT2D eigenvalue weighted by Crippen LogP contribution is -2.41. The van der Waals surface area contributed by atoms with Crippen LogP contribution in [0.3, 0.4) is 0 Å².